The van der Waals surface area contributed by atoms with Gasteiger partial charge in [-0.3, -0.25) is 4.79 Å². The van der Waals surface area contributed by atoms with Crippen molar-refractivity contribution in [1.29, 1.82) is 0 Å². The minimum atomic E-state index is -0.726. The van der Waals surface area contributed by atoms with Gasteiger partial charge in [-0.05, 0) is 42.4 Å². The van der Waals surface area contributed by atoms with Crippen molar-refractivity contribution in [3.8, 4) is 0 Å². The zero-order valence-electron chi connectivity index (χ0n) is 12.3. The molecule has 1 aliphatic carbocycles. The second-order valence-electron chi connectivity index (χ2n) is 5.99. The van der Waals surface area contributed by atoms with Crippen molar-refractivity contribution in [2.24, 2.45) is 0 Å². The van der Waals surface area contributed by atoms with E-state index in [2.05, 4.69) is 13.8 Å². The van der Waals surface area contributed by atoms with Crippen LogP contribution in [0.3, 0.4) is 0 Å². The Labute approximate surface area is 126 Å². The Morgan fingerprint density at radius 3 is 2.50 bits per heavy atom. The van der Waals surface area contributed by atoms with Gasteiger partial charge in [0, 0.05) is 5.02 Å². The summed E-state index contributed by atoms with van der Waals surface area (Å²) in [5, 5.41) is 10.4. The standard InChI is InChI=1S/C17H23ClO2/c1-3-12(2)14-8-7-13(11-15(14)18)17(16(19)20)9-5-4-6-10-17/h7-8,11-12H,3-6,9-10H2,1-2H3,(H,19,20). The van der Waals surface area contributed by atoms with E-state index in [1.54, 1.807) is 0 Å². The van der Waals surface area contributed by atoms with E-state index in [9.17, 15) is 9.90 Å². The molecule has 0 amide bonds. The molecule has 2 rings (SSSR count). The van der Waals surface area contributed by atoms with Crippen LogP contribution in [0, 0.1) is 0 Å². The number of carboxylic acid groups (broad SMARTS) is 1. The molecule has 0 aliphatic heterocycles. The highest BCUT2D eigenvalue weighted by atomic mass is 35.5. The molecule has 1 atom stereocenters. The van der Waals surface area contributed by atoms with Crippen LogP contribution in [0.25, 0.3) is 0 Å². The molecule has 1 aromatic rings. The van der Waals surface area contributed by atoms with Crippen molar-refractivity contribution in [2.75, 3.05) is 0 Å². The molecule has 2 nitrogen and oxygen atoms in total. The van der Waals surface area contributed by atoms with Gasteiger partial charge >= 0.3 is 5.97 Å². The zero-order chi connectivity index (χ0) is 14.8. The molecule has 20 heavy (non-hydrogen) atoms. The summed E-state index contributed by atoms with van der Waals surface area (Å²) < 4.78 is 0. The van der Waals surface area contributed by atoms with E-state index in [4.69, 9.17) is 11.6 Å². The Hall–Kier alpha value is -1.02. The first-order chi connectivity index (χ1) is 9.51. The lowest BCUT2D eigenvalue weighted by Gasteiger charge is -2.34. The Bertz CT molecular complexity index is 490. The average Bonchev–Trinajstić information content (AvgIpc) is 2.47. The molecule has 1 N–H and O–H groups in total. The Morgan fingerprint density at radius 2 is 2.00 bits per heavy atom. The van der Waals surface area contributed by atoms with E-state index >= 15 is 0 Å². The second-order valence-corrected chi connectivity index (χ2v) is 6.40. The molecule has 1 unspecified atom stereocenters. The molecule has 0 spiro atoms. The van der Waals surface area contributed by atoms with E-state index in [-0.39, 0.29) is 0 Å². The fourth-order valence-electron chi connectivity index (χ4n) is 3.23. The summed E-state index contributed by atoms with van der Waals surface area (Å²) in [6.45, 7) is 4.28. The minimum Gasteiger partial charge on any atom is -0.481 e. The summed E-state index contributed by atoms with van der Waals surface area (Å²) >= 11 is 6.40. The van der Waals surface area contributed by atoms with Crippen LogP contribution in [0.1, 0.15) is 69.4 Å². The van der Waals surface area contributed by atoms with Gasteiger partial charge in [0.2, 0.25) is 0 Å². The van der Waals surface area contributed by atoms with Gasteiger partial charge in [0.25, 0.3) is 0 Å². The molecular weight excluding hydrogens is 272 g/mol. The summed E-state index contributed by atoms with van der Waals surface area (Å²) in [7, 11) is 0. The van der Waals surface area contributed by atoms with Crippen LogP contribution in [0.4, 0.5) is 0 Å². The van der Waals surface area contributed by atoms with Gasteiger partial charge in [-0.1, -0.05) is 56.8 Å². The van der Waals surface area contributed by atoms with Crippen LogP contribution in [0.2, 0.25) is 5.02 Å². The smallest absolute Gasteiger partial charge is 0.314 e. The van der Waals surface area contributed by atoms with Crippen LogP contribution in [0.15, 0.2) is 18.2 Å². The molecule has 3 heteroatoms. The molecule has 0 aromatic heterocycles. The number of carbonyl (C=O) groups is 1. The van der Waals surface area contributed by atoms with Crippen LogP contribution in [0.5, 0.6) is 0 Å². The summed E-state index contributed by atoms with van der Waals surface area (Å²) in [4.78, 5) is 11.8. The minimum absolute atomic E-state index is 0.406. The number of hydrogen-bond donors (Lipinski definition) is 1. The first-order valence-electron chi connectivity index (χ1n) is 7.54. The van der Waals surface area contributed by atoms with Crippen molar-refractivity contribution >= 4 is 17.6 Å². The van der Waals surface area contributed by atoms with Crippen molar-refractivity contribution in [3.63, 3.8) is 0 Å². The fraction of sp³-hybridized carbons (Fsp3) is 0.588. The van der Waals surface area contributed by atoms with Gasteiger partial charge in [0.15, 0.2) is 0 Å². The fourth-order valence-corrected chi connectivity index (χ4v) is 3.59. The largest absolute Gasteiger partial charge is 0.481 e. The Balaban J connectivity index is 2.40. The van der Waals surface area contributed by atoms with Gasteiger partial charge in [-0.25, -0.2) is 0 Å². The van der Waals surface area contributed by atoms with E-state index in [0.717, 1.165) is 49.7 Å². The van der Waals surface area contributed by atoms with Crippen LogP contribution in [-0.2, 0) is 10.2 Å². The molecule has 0 saturated heterocycles. The number of rotatable bonds is 4. The highest BCUT2D eigenvalue weighted by molar-refractivity contribution is 6.31. The van der Waals surface area contributed by atoms with Crippen molar-refractivity contribution in [2.45, 2.75) is 63.7 Å². The molecule has 0 radical (unpaired) electrons. The third kappa shape index (κ3) is 2.71. The first-order valence-corrected chi connectivity index (χ1v) is 7.92. The van der Waals surface area contributed by atoms with Crippen LogP contribution in [-0.4, -0.2) is 11.1 Å². The molecule has 1 aromatic carbocycles. The summed E-state index contributed by atoms with van der Waals surface area (Å²) in [5.74, 6) is -0.298. The number of halogens is 1. The van der Waals surface area contributed by atoms with E-state index in [1.807, 2.05) is 18.2 Å². The molecule has 1 saturated carbocycles. The van der Waals surface area contributed by atoms with Gasteiger partial charge in [0.1, 0.15) is 0 Å². The van der Waals surface area contributed by atoms with Crippen LogP contribution >= 0.6 is 11.6 Å². The third-order valence-electron chi connectivity index (χ3n) is 4.81. The summed E-state index contributed by atoms with van der Waals surface area (Å²) in [6.07, 6.45) is 5.58. The number of carboxylic acids is 1. The lowest BCUT2D eigenvalue weighted by Crippen LogP contribution is -2.37. The highest BCUT2D eigenvalue weighted by Crippen LogP contribution is 2.41. The maximum absolute atomic E-state index is 11.8. The SMILES string of the molecule is CCC(C)c1ccc(C2(C(=O)O)CCCCC2)cc1Cl. The van der Waals surface area contributed by atoms with E-state index in [0.29, 0.717) is 10.9 Å². The van der Waals surface area contributed by atoms with E-state index < -0.39 is 11.4 Å². The van der Waals surface area contributed by atoms with Gasteiger partial charge in [-0.15, -0.1) is 0 Å². The van der Waals surface area contributed by atoms with Gasteiger partial charge in [0.05, 0.1) is 5.41 Å². The lowest BCUT2D eigenvalue weighted by atomic mass is 9.69. The quantitative estimate of drug-likeness (QED) is 0.835. The van der Waals surface area contributed by atoms with Crippen LogP contribution < -0.4 is 0 Å². The summed E-state index contributed by atoms with van der Waals surface area (Å²) in [5.41, 5.74) is 1.27. The monoisotopic (exact) mass is 294 g/mol. The molecular formula is C17H23ClO2. The Kier molecular flexibility index (Phi) is 4.74. The van der Waals surface area contributed by atoms with Gasteiger partial charge in [-0.2, -0.15) is 0 Å². The maximum atomic E-state index is 11.8. The average molecular weight is 295 g/mol. The van der Waals surface area contributed by atoms with Crippen molar-refractivity contribution in [1.82, 2.24) is 0 Å². The number of aliphatic carboxylic acids is 1. The maximum Gasteiger partial charge on any atom is 0.314 e. The summed E-state index contributed by atoms with van der Waals surface area (Å²) in [6, 6.07) is 5.89. The lowest BCUT2D eigenvalue weighted by molar-refractivity contribution is -0.145. The third-order valence-corrected chi connectivity index (χ3v) is 5.14. The van der Waals surface area contributed by atoms with Gasteiger partial charge < -0.3 is 5.11 Å². The molecule has 0 heterocycles. The number of hydrogen-bond acceptors (Lipinski definition) is 1. The zero-order valence-corrected chi connectivity index (χ0v) is 13.0. The number of benzene rings is 1. The topological polar surface area (TPSA) is 37.3 Å². The Morgan fingerprint density at radius 1 is 1.35 bits per heavy atom. The molecule has 0 bridgehead atoms. The normalized spacial score (nSPS) is 19.6. The first kappa shape index (κ1) is 15.4. The molecule has 110 valence electrons. The molecule has 1 aliphatic rings. The van der Waals surface area contributed by atoms with E-state index in [1.165, 1.54) is 0 Å². The molecule has 1 fully saturated rings. The second kappa shape index (κ2) is 6.17. The van der Waals surface area contributed by atoms with Crippen molar-refractivity contribution < 1.29 is 9.90 Å². The van der Waals surface area contributed by atoms with Crippen molar-refractivity contribution in [3.05, 3.63) is 34.3 Å². The highest BCUT2D eigenvalue weighted by Gasteiger charge is 2.41. The predicted molar refractivity (Wildman–Crippen MR) is 82.6 cm³/mol. The predicted octanol–water partition coefficient (Wildman–Crippen LogP) is 5.14.